The van der Waals surface area contributed by atoms with E-state index < -0.39 is 11.8 Å². The molecule has 6 heteroatoms. The van der Waals surface area contributed by atoms with Gasteiger partial charge in [0.15, 0.2) is 0 Å². The van der Waals surface area contributed by atoms with Crippen LogP contribution in [0.2, 0.25) is 5.02 Å². The molecule has 0 spiro atoms. The van der Waals surface area contributed by atoms with Crippen molar-refractivity contribution in [3.8, 4) is 5.75 Å². The lowest BCUT2D eigenvalue weighted by molar-refractivity contribution is 0.0845. The number of amides is 2. The SMILES string of the molecule is Cc1ccc(C(=O)NNC(=O)c2ccc(Cl)cc2)c(O)c1. The first kappa shape index (κ1) is 14.9. The van der Waals surface area contributed by atoms with Gasteiger partial charge in [0.25, 0.3) is 11.8 Å². The maximum Gasteiger partial charge on any atom is 0.273 e. The minimum atomic E-state index is -0.602. The normalized spacial score (nSPS) is 10.0. The summed E-state index contributed by atoms with van der Waals surface area (Å²) in [5.74, 6) is -1.23. The number of nitrogens with one attached hydrogen (secondary N) is 2. The van der Waals surface area contributed by atoms with Crippen molar-refractivity contribution < 1.29 is 14.7 Å². The Hall–Kier alpha value is -2.53. The van der Waals surface area contributed by atoms with E-state index in [4.69, 9.17) is 11.6 Å². The number of aromatic hydroxyl groups is 1. The molecule has 0 aliphatic heterocycles. The maximum atomic E-state index is 11.9. The Morgan fingerprint density at radius 2 is 1.62 bits per heavy atom. The molecule has 2 aromatic rings. The van der Waals surface area contributed by atoms with Crippen LogP contribution in [0.25, 0.3) is 0 Å². The smallest absolute Gasteiger partial charge is 0.273 e. The molecule has 0 aliphatic carbocycles. The highest BCUT2D eigenvalue weighted by atomic mass is 35.5. The lowest BCUT2D eigenvalue weighted by Crippen LogP contribution is -2.41. The number of phenolic OH excluding ortho intramolecular Hbond substituents is 1. The lowest BCUT2D eigenvalue weighted by atomic mass is 10.1. The van der Waals surface area contributed by atoms with E-state index in [1.165, 1.54) is 24.3 Å². The van der Waals surface area contributed by atoms with E-state index in [2.05, 4.69) is 10.9 Å². The average molecular weight is 305 g/mol. The standard InChI is InChI=1S/C15H13ClN2O3/c1-9-2-7-12(13(19)8-9)15(21)18-17-14(20)10-3-5-11(16)6-4-10/h2-8,19H,1H3,(H,17,20)(H,18,21). The minimum Gasteiger partial charge on any atom is -0.507 e. The predicted octanol–water partition coefficient (Wildman–Crippen LogP) is 2.43. The summed E-state index contributed by atoms with van der Waals surface area (Å²) in [5, 5.41) is 10.2. The fourth-order valence-corrected chi connectivity index (χ4v) is 1.81. The van der Waals surface area contributed by atoms with Crippen LogP contribution in [0.1, 0.15) is 26.3 Å². The second kappa shape index (κ2) is 6.28. The van der Waals surface area contributed by atoms with Crippen molar-refractivity contribution in [2.24, 2.45) is 0 Å². The molecular formula is C15H13ClN2O3. The van der Waals surface area contributed by atoms with Gasteiger partial charge >= 0.3 is 0 Å². The van der Waals surface area contributed by atoms with Gasteiger partial charge in [0.1, 0.15) is 5.75 Å². The van der Waals surface area contributed by atoms with Gasteiger partial charge in [-0.2, -0.15) is 0 Å². The van der Waals surface area contributed by atoms with Crippen molar-refractivity contribution in [2.45, 2.75) is 6.92 Å². The molecule has 0 bridgehead atoms. The number of hydrazine groups is 1. The van der Waals surface area contributed by atoms with E-state index in [-0.39, 0.29) is 11.3 Å². The average Bonchev–Trinajstić information content (AvgIpc) is 2.45. The van der Waals surface area contributed by atoms with Gasteiger partial charge in [-0.1, -0.05) is 17.7 Å². The molecule has 0 saturated heterocycles. The highest BCUT2D eigenvalue weighted by Crippen LogP contribution is 2.17. The Labute approximate surface area is 126 Å². The molecule has 21 heavy (non-hydrogen) atoms. The second-order valence-corrected chi connectivity index (χ2v) is 4.87. The first-order chi connectivity index (χ1) is 9.97. The highest BCUT2D eigenvalue weighted by molar-refractivity contribution is 6.30. The number of halogens is 1. The molecule has 0 atom stereocenters. The number of aryl methyl sites for hydroxylation is 1. The molecule has 2 rings (SSSR count). The van der Waals surface area contributed by atoms with Gasteiger partial charge in [-0.05, 0) is 48.9 Å². The first-order valence-corrected chi connectivity index (χ1v) is 6.51. The zero-order valence-electron chi connectivity index (χ0n) is 11.2. The fourth-order valence-electron chi connectivity index (χ4n) is 1.69. The van der Waals surface area contributed by atoms with Gasteiger partial charge in [-0.25, -0.2) is 0 Å². The molecule has 3 N–H and O–H groups in total. The number of rotatable bonds is 2. The lowest BCUT2D eigenvalue weighted by Gasteiger charge is -2.09. The zero-order valence-corrected chi connectivity index (χ0v) is 11.9. The van der Waals surface area contributed by atoms with Gasteiger partial charge in [-0.3, -0.25) is 20.4 Å². The topological polar surface area (TPSA) is 78.4 Å². The largest absolute Gasteiger partial charge is 0.507 e. The van der Waals surface area contributed by atoms with Crippen molar-refractivity contribution in [1.29, 1.82) is 0 Å². The summed E-state index contributed by atoms with van der Waals surface area (Å²) in [6.07, 6.45) is 0. The molecule has 5 nitrogen and oxygen atoms in total. The molecule has 0 radical (unpaired) electrons. The molecule has 0 saturated carbocycles. The van der Waals surface area contributed by atoms with Crippen LogP contribution in [0.15, 0.2) is 42.5 Å². The van der Waals surface area contributed by atoms with E-state index >= 15 is 0 Å². The summed E-state index contributed by atoms with van der Waals surface area (Å²) < 4.78 is 0. The minimum absolute atomic E-state index is 0.0806. The van der Waals surface area contributed by atoms with Crippen molar-refractivity contribution >= 4 is 23.4 Å². The molecule has 2 amide bonds. The summed E-state index contributed by atoms with van der Waals surface area (Å²) in [5.41, 5.74) is 5.77. The van der Waals surface area contributed by atoms with Gasteiger partial charge in [-0.15, -0.1) is 0 Å². The Balaban J connectivity index is 2.00. The Morgan fingerprint density at radius 1 is 1.00 bits per heavy atom. The van der Waals surface area contributed by atoms with E-state index in [0.29, 0.717) is 10.6 Å². The van der Waals surface area contributed by atoms with Crippen LogP contribution < -0.4 is 10.9 Å². The maximum absolute atomic E-state index is 11.9. The molecule has 2 aromatic carbocycles. The third-order valence-electron chi connectivity index (χ3n) is 2.79. The Kier molecular flexibility index (Phi) is 4.45. The van der Waals surface area contributed by atoms with Crippen LogP contribution in [-0.2, 0) is 0 Å². The highest BCUT2D eigenvalue weighted by Gasteiger charge is 2.12. The van der Waals surface area contributed by atoms with Crippen LogP contribution in [0.4, 0.5) is 0 Å². The van der Waals surface area contributed by atoms with Crippen LogP contribution in [0, 0.1) is 6.92 Å². The number of benzene rings is 2. The summed E-state index contributed by atoms with van der Waals surface area (Å²) in [4.78, 5) is 23.7. The van der Waals surface area contributed by atoms with E-state index in [1.807, 2.05) is 0 Å². The number of phenols is 1. The molecule has 0 fully saturated rings. The summed E-state index contributed by atoms with van der Waals surface area (Å²) in [7, 11) is 0. The molecule has 0 aromatic heterocycles. The van der Waals surface area contributed by atoms with E-state index in [0.717, 1.165) is 5.56 Å². The molecule has 0 heterocycles. The number of hydrogen-bond acceptors (Lipinski definition) is 3. The number of carbonyl (C=O) groups is 2. The van der Waals surface area contributed by atoms with Crippen molar-refractivity contribution in [2.75, 3.05) is 0 Å². The van der Waals surface area contributed by atoms with Gasteiger partial charge in [0, 0.05) is 10.6 Å². The van der Waals surface area contributed by atoms with Crippen molar-refractivity contribution in [3.05, 3.63) is 64.2 Å². The Morgan fingerprint density at radius 3 is 2.24 bits per heavy atom. The number of carbonyl (C=O) groups excluding carboxylic acids is 2. The van der Waals surface area contributed by atoms with Gasteiger partial charge in [0.2, 0.25) is 0 Å². The van der Waals surface area contributed by atoms with Crippen molar-refractivity contribution in [3.63, 3.8) is 0 Å². The quantitative estimate of drug-likeness (QED) is 0.746. The molecule has 0 aliphatic rings. The fraction of sp³-hybridized carbons (Fsp3) is 0.0667. The zero-order chi connectivity index (χ0) is 15.4. The van der Waals surface area contributed by atoms with Gasteiger partial charge < -0.3 is 5.11 Å². The monoisotopic (exact) mass is 304 g/mol. The summed E-state index contributed by atoms with van der Waals surface area (Å²) in [6.45, 7) is 1.80. The molecular weight excluding hydrogens is 292 g/mol. The summed E-state index contributed by atoms with van der Waals surface area (Å²) in [6, 6.07) is 10.9. The van der Waals surface area contributed by atoms with Crippen molar-refractivity contribution in [1.82, 2.24) is 10.9 Å². The molecule has 108 valence electrons. The van der Waals surface area contributed by atoms with Gasteiger partial charge in [0.05, 0.1) is 5.56 Å². The first-order valence-electron chi connectivity index (χ1n) is 6.13. The third kappa shape index (κ3) is 3.73. The predicted molar refractivity (Wildman–Crippen MR) is 79.2 cm³/mol. The summed E-state index contributed by atoms with van der Waals surface area (Å²) >= 11 is 5.72. The third-order valence-corrected chi connectivity index (χ3v) is 3.05. The molecule has 0 unspecified atom stereocenters. The van der Waals surface area contributed by atoms with Crippen LogP contribution >= 0.6 is 11.6 Å². The van der Waals surface area contributed by atoms with Crippen LogP contribution in [-0.4, -0.2) is 16.9 Å². The number of hydrogen-bond donors (Lipinski definition) is 3. The van der Waals surface area contributed by atoms with E-state index in [9.17, 15) is 14.7 Å². The van der Waals surface area contributed by atoms with E-state index in [1.54, 1.807) is 25.1 Å². The Bertz CT molecular complexity index is 684. The van der Waals surface area contributed by atoms with Crippen LogP contribution in [0.5, 0.6) is 5.75 Å². The van der Waals surface area contributed by atoms with Crippen LogP contribution in [0.3, 0.4) is 0 Å². The second-order valence-electron chi connectivity index (χ2n) is 4.44.